The molecule has 10 nitrogen and oxygen atoms in total. The number of carbonyl (C=O) groups is 2. The number of rotatable bonds is 9. The molecule has 2 saturated heterocycles. The van der Waals surface area contributed by atoms with Crippen LogP contribution in [0.15, 0.2) is 59.4 Å². The van der Waals surface area contributed by atoms with Crippen LogP contribution in [0.25, 0.3) is 11.0 Å². The van der Waals surface area contributed by atoms with Crippen molar-refractivity contribution in [2.45, 2.75) is 37.8 Å². The first-order chi connectivity index (χ1) is 19.9. The Morgan fingerprint density at radius 1 is 0.976 bits per heavy atom. The Bertz CT molecular complexity index is 1350. The van der Waals surface area contributed by atoms with Gasteiger partial charge in [-0.15, -0.1) is 0 Å². The smallest absolute Gasteiger partial charge is 0.324 e. The maximum absolute atomic E-state index is 13.5. The molecule has 220 valence electrons. The van der Waals surface area contributed by atoms with Crippen molar-refractivity contribution in [3.05, 3.63) is 70.6 Å². The number of likely N-dealkylation sites (tertiary alicyclic amines) is 1. The van der Waals surface area contributed by atoms with Crippen LogP contribution in [0.5, 0.6) is 0 Å². The third-order valence-corrected chi connectivity index (χ3v) is 8.66. The number of likely N-dealkylation sites (N-methyl/N-ethyl adjacent to an activating group) is 2. The fourth-order valence-electron chi connectivity index (χ4n) is 6.09. The standard InChI is InChI=1S/C31H43N7O3/c1-34-19-21-36(22-20-34)16-8-15-35(2)28(23-24-9-4-3-5-10-24)29(39)33-30(40)37-17-13-25(14-18-37)38-27-12-7-6-11-26(27)32-31(38)41/h3-7,9-12,25,28H,8,13-23H2,1-2H3,(H,32,41)(H,33,39,40)/t28-/m1/s1. The van der Waals surface area contributed by atoms with E-state index >= 15 is 0 Å². The van der Waals surface area contributed by atoms with E-state index in [0.29, 0.717) is 32.4 Å². The number of benzene rings is 2. The third-order valence-electron chi connectivity index (χ3n) is 8.66. The monoisotopic (exact) mass is 561 g/mol. The highest BCUT2D eigenvalue weighted by molar-refractivity contribution is 5.97. The van der Waals surface area contributed by atoms with E-state index in [9.17, 15) is 14.4 Å². The maximum Gasteiger partial charge on any atom is 0.326 e. The number of nitrogens with one attached hydrogen (secondary N) is 2. The lowest BCUT2D eigenvalue weighted by Crippen LogP contribution is -2.53. The molecule has 2 N–H and O–H groups in total. The largest absolute Gasteiger partial charge is 0.326 e. The van der Waals surface area contributed by atoms with Gasteiger partial charge in [-0.2, -0.15) is 0 Å². The topological polar surface area (TPSA) is 96.9 Å². The summed E-state index contributed by atoms with van der Waals surface area (Å²) in [5, 5.41) is 2.70. The number of nitrogens with zero attached hydrogens (tertiary/aromatic N) is 5. The molecule has 2 fully saturated rings. The first kappa shape index (κ1) is 29.0. The number of H-pyrrole nitrogens is 1. The second-order valence-electron chi connectivity index (χ2n) is 11.5. The van der Waals surface area contributed by atoms with E-state index in [2.05, 4.69) is 32.0 Å². The van der Waals surface area contributed by atoms with Gasteiger partial charge in [0.05, 0.1) is 17.1 Å². The van der Waals surface area contributed by atoms with Crippen molar-refractivity contribution in [3.63, 3.8) is 0 Å². The van der Waals surface area contributed by atoms with Gasteiger partial charge < -0.3 is 19.7 Å². The van der Waals surface area contributed by atoms with Crippen LogP contribution in [0.4, 0.5) is 4.79 Å². The minimum absolute atomic E-state index is 0.00988. The number of urea groups is 1. The summed E-state index contributed by atoms with van der Waals surface area (Å²) in [5.74, 6) is -0.268. The Hall–Kier alpha value is -3.47. The number of para-hydroxylation sites is 2. The van der Waals surface area contributed by atoms with Gasteiger partial charge in [-0.3, -0.25) is 19.6 Å². The number of piperidine rings is 1. The lowest BCUT2D eigenvalue weighted by atomic mass is 10.0. The van der Waals surface area contributed by atoms with Gasteiger partial charge in [0.15, 0.2) is 0 Å². The highest BCUT2D eigenvalue weighted by Gasteiger charge is 2.30. The lowest BCUT2D eigenvalue weighted by molar-refractivity contribution is -0.125. The molecule has 1 atom stereocenters. The zero-order valence-corrected chi connectivity index (χ0v) is 24.3. The van der Waals surface area contributed by atoms with Crippen LogP contribution >= 0.6 is 0 Å². The molecule has 3 aromatic rings. The van der Waals surface area contributed by atoms with Gasteiger partial charge in [0.2, 0.25) is 5.91 Å². The van der Waals surface area contributed by atoms with Gasteiger partial charge in [-0.1, -0.05) is 42.5 Å². The number of hydrogen-bond acceptors (Lipinski definition) is 6. The molecule has 3 heterocycles. The van der Waals surface area contributed by atoms with Crippen LogP contribution in [-0.2, 0) is 11.2 Å². The minimum atomic E-state index is -0.448. The van der Waals surface area contributed by atoms with Gasteiger partial charge in [0.1, 0.15) is 0 Å². The van der Waals surface area contributed by atoms with E-state index in [1.807, 2.05) is 66.2 Å². The number of amides is 3. The van der Waals surface area contributed by atoms with Crippen LogP contribution in [-0.4, -0.2) is 114 Å². The number of aromatic nitrogens is 2. The summed E-state index contributed by atoms with van der Waals surface area (Å²) < 4.78 is 1.81. The quantitative estimate of drug-likeness (QED) is 0.417. The zero-order valence-electron chi connectivity index (χ0n) is 24.3. The van der Waals surface area contributed by atoms with Gasteiger partial charge >= 0.3 is 11.7 Å². The van der Waals surface area contributed by atoms with Crippen molar-refractivity contribution >= 4 is 23.0 Å². The van der Waals surface area contributed by atoms with E-state index < -0.39 is 6.04 Å². The first-order valence-electron chi connectivity index (χ1n) is 14.8. The van der Waals surface area contributed by atoms with Crippen LogP contribution in [0.3, 0.4) is 0 Å². The molecule has 0 saturated carbocycles. The molecule has 3 amide bonds. The van der Waals surface area contributed by atoms with Crippen molar-refractivity contribution < 1.29 is 9.59 Å². The Morgan fingerprint density at radius 2 is 1.66 bits per heavy atom. The molecule has 41 heavy (non-hydrogen) atoms. The molecular weight excluding hydrogens is 518 g/mol. The summed E-state index contributed by atoms with van der Waals surface area (Å²) in [4.78, 5) is 50.9. The highest BCUT2D eigenvalue weighted by atomic mass is 16.2. The van der Waals surface area contributed by atoms with Crippen LogP contribution in [0.1, 0.15) is 30.9 Å². The van der Waals surface area contributed by atoms with Crippen LogP contribution in [0, 0.1) is 0 Å². The average Bonchev–Trinajstić information content (AvgIpc) is 3.33. The summed E-state index contributed by atoms with van der Waals surface area (Å²) in [6.45, 7) is 7.09. The molecule has 0 radical (unpaired) electrons. The SMILES string of the molecule is CN1CCN(CCCN(C)[C@H](Cc2ccccc2)C(=O)NC(=O)N2CCC(n3c(=O)[nH]c4ccccc43)CC2)CC1. The Morgan fingerprint density at radius 3 is 2.39 bits per heavy atom. The molecule has 0 bridgehead atoms. The molecule has 2 aliphatic rings. The molecule has 0 aliphatic carbocycles. The van der Waals surface area contributed by atoms with Gasteiger partial charge in [0, 0.05) is 45.3 Å². The summed E-state index contributed by atoms with van der Waals surface area (Å²) in [6, 6.07) is 16.9. The number of imidazole rings is 1. The van der Waals surface area contributed by atoms with Crippen molar-refractivity contribution in [2.24, 2.45) is 0 Å². The van der Waals surface area contributed by atoms with Crippen molar-refractivity contribution in [3.8, 4) is 0 Å². The number of imide groups is 1. The zero-order chi connectivity index (χ0) is 28.8. The Kier molecular flexibility index (Phi) is 9.53. The predicted molar refractivity (Wildman–Crippen MR) is 161 cm³/mol. The summed E-state index contributed by atoms with van der Waals surface area (Å²) in [7, 11) is 4.14. The highest BCUT2D eigenvalue weighted by Crippen LogP contribution is 2.25. The molecule has 2 aliphatic heterocycles. The summed E-state index contributed by atoms with van der Waals surface area (Å²) in [6.07, 6.45) is 2.82. The number of carbonyl (C=O) groups excluding carboxylic acids is 2. The molecule has 5 rings (SSSR count). The maximum atomic E-state index is 13.5. The third kappa shape index (κ3) is 7.25. The number of fused-ring (bicyclic) bond motifs is 1. The fraction of sp³-hybridized carbons (Fsp3) is 0.516. The molecular formula is C31H43N7O3. The first-order valence-corrected chi connectivity index (χ1v) is 14.8. The van der Waals surface area contributed by atoms with Crippen LogP contribution in [0.2, 0.25) is 0 Å². The number of piperazine rings is 1. The lowest BCUT2D eigenvalue weighted by Gasteiger charge is -2.34. The summed E-state index contributed by atoms with van der Waals surface area (Å²) in [5.41, 5.74) is 2.65. The van der Waals surface area contributed by atoms with Crippen molar-refractivity contribution in [1.82, 2.24) is 34.5 Å². The van der Waals surface area contributed by atoms with Gasteiger partial charge in [-0.25, -0.2) is 9.59 Å². The fourth-order valence-corrected chi connectivity index (χ4v) is 6.09. The normalized spacial score (nSPS) is 18.2. The van der Waals surface area contributed by atoms with Crippen molar-refractivity contribution in [1.29, 1.82) is 0 Å². The average molecular weight is 562 g/mol. The van der Waals surface area contributed by atoms with Gasteiger partial charge in [-0.05, 0) is 70.6 Å². The minimum Gasteiger partial charge on any atom is -0.324 e. The molecule has 1 aromatic heterocycles. The molecule has 0 spiro atoms. The van der Waals surface area contributed by atoms with Gasteiger partial charge in [0.25, 0.3) is 0 Å². The van der Waals surface area contributed by atoms with Crippen LogP contribution < -0.4 is 11.0 Å². The van der Waals surface area contributed by atoms with E-state index in [1.54, 1.807) is 4.90 Å². The molecule has 2 aromatic carbocycles. The molecule has 10 heteroatoms. The van der Waals surface area contributed by atoms with E-state index in [0.717, 1.165) is 62.3 Å². The number of aromatic amines is 1. The predicted octanol–water partition coefficient (Wildman–Crippen LogP) is 2.38. The second-order valence-corrected chi connectivity index (χ2v) is 11.5. The number of hydrogen-bond donors (Lipinski definition) is 2. The van der Waals surface area contributed by atoms with E-state index in [-0.39, 0.29) is 23.7 Å². The molecule has 0 unspecified atom stereocenters. The Labute approximate surface area is 241 Å². The Balaban J connectivity index is 1.17. The van der Waals surface area contributed by atoms with Crippen molar-refractivity contribution in [2.75, 3.05) is 66.5 Å². The summed E-state index contributed by atoms with van der Waals surface area (Å²) >= 11 is 0. The van der Waals surface area contributed by atoms with E-state index in [1.165, 1.54) is 0 Å². The van der Waals surface area contributed by atoms with E-state index in [4.69, 9.17) is 0 Å². The second kappa shape index (κ2) is 13.5.